The number of quaternary nitrogens is 1. The normalized spacial score (nSPS) is 11.1. The minimum Gasteiger partial charge on any atom is -0.488 e. The van der Waals surface area contributed by atoms with Crippen LogP contribution in [0.4, 0.5) is 0 Å². The Kier molecular flexibility index (Phi) is 5.51. The molecular weight excluding hydrogens is 266 g/mol. The number of hydrogen-bond donors (Lipinski definition) is 0. The van der Waals surface area contributed by atoms with E-state index < -0.39 is 0 Å². The predicted octanol–water partition coefficient (Wildman–Crippen LogP) is 2.01. The molecule has 0 unspecified atom stereocenters. The monoisotopic (exact) mass is 288 g/mol. The van der Waals surface area contributed by atoms with E-state index in [-0.39, 0.29) is 0 Å². The molecule has 0 bridgehead atoms. The minimum atomic E-state index is 0.673. The summed E-state index contributed by atoms with van der Waals surface area (Å²) in [5.41, 5.74) is 0. The van der Waals surface area contributed by atoms with Crippen molar-refractivity contribution in [3.63, 3.8) is 0 Å². The Balaban J connectivity index is 1.67. The van der Waals surface area contributed by atoms with Gasteiger partial charge in [0.05, 0.1) is 14.1 Å². The summed E-state index contributed by atoms with van der Waals surface area (Å²) in [7, 11) is 4.34. The van der Waals surface area contributed by atoms with Gasteiger partial charge in [-0.2, -0.15) is 0 Å². The van der Waals surface area contributed by atoms with Gasteiger partial charge in [-0.1, -0.05) is 0 Å². The lowest BCUT2D eigenvalue weighted by atomic mass is 10.4. The smallest absolute Gasteiger partial charge is 0.137 e. The van der Waals surface area contributed by atoms with Crippen LogP contribution in [0.5, 0.6) is 11.5 Å². The third-order valence-electron chi connectivity index (χ3n) is 3.23. The Morgan fingerprint density at radius 2 is 1.14 bits per heavy atom. The van der Waals surface area contributed by atoms with E-state index in [2.05, 4.69) is 24.1 Å². The SMILES string of the molecule is C[N+](C)(CCOc1ccncc1)CCOc1ccncc1. The second-order valence-electron chi connectivity index (χ2n) is 5.45. The van der Waals surface area contributed by atoms with E-state index in [0.29, 0.717) is 13.2 Å². The van der Waals surface area contributed by atoms with Gasteiger partial charge in [0.15, 0.2) is 0 Å². The van der Waals surface area contributed by atoms with Crippen LogP contribution in [0.15, 0.2) is 49.1 Å². The molecule has 0 N–H and O–H groups in total. The van der Waals surface area contributed by atoms with Crippen molar-refractivity contribution in [2.75, 3.05) is 40.4 Å². The molecule has 0 atom stereocenters. The second kappa shape index (κ2) is 7.59. The number of pyridine rings is 2. The summed E-state index contributed by atoms with van der Waals surface area (Å²) < 4.78 is 12.2. The average molecular weight is 288 g/mol. The van der Waals surface area contributed by atoms with Crippen LogP contribution in [0, 0.1) is 0 Å². The van der Waals surface area contributed by atoms with Crippen molar-refractivity contribution >= 4 is 0 Å². The quantitative estimate of drug-likeness (QED) is 0.697. The molecule has 5 heteroatoms. The largest absolute Gasteiger partial charge is 0.488 e. The van der Waals surface area contributed by atoms with Crippen molar-refractivity contribution in [1.82, 2.24) is 9.97 Å². The topological polar surface area (TPSA) is 44.2 Å². The van der Waals surface area contributed by atoms with Crippen molar-refractivity contribution in [1.29, 1.82) is 0 Å². The van der Waals surface area contributed by atoms with E-state index >= 15 is 0 Å². The molecule has 0 aliphatic rings. The van der Waals surface area contributed by atoms with Gasteiger partial charge in [-0.05, 0) is 24.3 Å². The van der Waals surface area contributed by atoms with Crippen LogP contribution >= 0.6 is 0 Å². The summed E-state index contributed by atoms with van der Waals surface area (Å²) in [6, 6.07) is 7.47. The number of ether oxygens (including phenoxy) is 2. The lowest BCUT2D eigenvalue weighted by Gasteiger charge is -2.29. The zero-order chi connectivity index (χ0) is 15.0. The molecule has 0 saturated heterocycles. The highest BCUT2D eigenvalue weighted by molar-refractivity contribution is 5.17. The minimum absolute atomic E-state index is 0.673. The Hall–Kier alpha value is -2.14. The number of likely N-dealkylation sites (N-methyl/N-ethyl adjacent to an activating group) is 1. The average Bonchev–Trinajstić information content (AvgIpc) is 2.49. The van der Waals surface area contributed by atoms with Crippen molar-refractivity contribution in [3.8, 4) is 11.5 Å². The molecule has 0 spiro atoms. The fourth-order valence-corrected chi connectivity index (χ4v) is 1.80. The van der Waals surface area contributed by atoms with E-state index in [9.17, 15) is 0 Å². The fraction of sp³-hybridized carbons (Fsp3) is 0.375. The van der Waals surface area contributed by atoms with Crippen LogP contribution in [0.25, 0.3) is 0 Å². The third kappa shape index (κ3) is 5.79. The standard InChI is InChI=1S/C16H22N3O2/c1-19(2,11-13-20-15-3-7-17-8-4-15)12-14-21-16-5-9-18-10-6-16/h3-10H,11-14H2,1-2H3/q+1. The van der Waals surface area contributed by atoms with Gasteiger partial charge in [0.2, 0.25) is 0 Å². The van der Waals surface area contributed by atoms with E-state index in [1.807, 2.05) is 24.3 Å². The van der Waals surface area contributed by atoms with Crippen LogP contribution in [-0.2, 0) is 0 Å². The molecule has 5 nitrogen and oxygen atoms in total. The van der Waals surface area contributed by atoms with Crippen molar-refractivity contribution in [2.24, 2.45) is 0 Å². The second-order valence-corrected chi connectivity index (χ2v) is 5.45. The van der Waals surface area contributed by atoms with Gasteiger partial charge in [0.1, 0.15) is 37.8 Å². The van der Waals surface area contributed by atoms with Gasteiger partial charge in [-0.15, -0.1) is 0 Å². The van der Waals surface area contributed by atoms with Crippen LogP contribution in [0.2, 0.25) is 0 Å². The third-order valence-corrected chi connectivity index (χ3v) is 3.23. The lowest BCUT2D eigenvalue weighted by molar-refractivity contribution is -0.890. The van der Waals surface area contributed by atoms with Crippen LogP contribution in [0.1, 0.15) is 0 Å². The first-order valence-corrected chi connectivity index (χ1v) is 7.03. The number of aromatic nitrogens is 2. The molecule has 112 valence electrons. The summed E-state index contributed by atoms with van der Waals surface area (Å²) in [6.45, 7) is 3.18. The van der Waals surface area contributed by atoms with E-state index in [0.717, 1.165) is 29.1 Å². The molecule has 2 heterocycles. The molecule has 0 aromatic carbocycles. The first-order valence-electron chi connectivity index (χ1n) is 7.03. The summed E-state index contributed by atoms with van der Waals surface area (Å²) in [6.07, 6.45) is 6.94. The van der Waals surface area contributed by atoms with E-state index in [4.69, 9.17) is 9.47 Å². The lowest BCUT2D eigenvalue weighted by Crippen LogP contribution is -2.45. The highest BCUT2D eigenvalue weighted by Crippen LogP contribution is 2.09. The van der Waals surface area contributed by atoms with E-state index in [1.54, 1.807) is 24.8 Å². The highest BCUT2D eigenvalue weighted by atomic mass is 16.5. The molecule has 0 saturated carbocycles. The van der Waals surface area contributed by atoms with Crippen molar-refractivity contribution < 1.29 is 14.0 Å². The van der Waals surface area contributed by atoms with Crippen LogP contribution < -0.4 is 9.47 Å². The van der Waals surface area contributed by atoms with Gasteiger partial charge >= 0.3 is 0 Å². The first kappa shape index (κ1) is 15.3. The Labute approximate surface area is 125 Å². The molecule has 2 aromatic rings. The molecule has 0 aliphatic carbocycles. The maximum atomic E-state index is 5.70. The Morgan fingerprint density at radius 1 is 0.762 bits per heavy atom. The van der Waals surface area contributed by atoms with Crippen LogP contribution in [0.3, 0.4) is 0 Å². The number of nitrogens with zero attached hydrogens (tertiary/aromatic N) is 3. The molecule has 2 rings (SSSR count). The summed E-state index contributed by atoms with van der Waals surface area (Å²) >= 11 is 0. The molecular formula is C16H22N3O2+. The zero-order valence-electron chi connectivity index (χ0n) is 12.6. The van der Waals surface area contributed by atoms with Gasteiger partial charge < -0.3 is 14.0 Å². The van der Waals surface area contributed by atoms with Gasteiger partial charge in [-0.25, -0.2) is 0 Å². The maximum Gasteiger partial charge on any atom is 0.137 e. The number of hydrogen-bond acceptors (Lipinski definition) is 4. The molecule has 0 radical (unpaired) electrons. The van der Waals surface area contributed by atoms with Crippen molar-refractivity contribution in [2.45, 2.75) is 0 Å². The Morgan fingerprint density at radius 3 is 1.52 bits per heavy atom. The van der Waals surface area contributed by atoms with Gasteiger partial charge in [0.25, 0.3) is 0 Å². The van der Waals surface area contributed by atoms with Crippen LogP contribution in [-0.4, -0.2) is 54.8 Å². The van der Waals surface area contributed by atoms with Crippen molar-refractivity contribution in [3.05, 3.63) is 49.1 Å². The summed E-state index contributed by atoms with van der Waals surface area (Å²) in [5, 5.41) is 0. The zero-order valence-corrected chi connectivity index (χ0v) is 12.6. The molecule has 21 heavy (non-hydrogen) atoms. The molecule has 0 fully saturated rings. The summed E-state index contributed by atoms with van der Waals surface area (Å²) in [5.74, 6) is 1.72. The van der Waals surface area contributed by atoms with E-state index in [1.165, 1.54) is 0 Å². The maximum absolute atomic E-state index is 5.70. The molecule has 0 amide bonds. The molecule has 2 aromatic heterocycles. The summed E-state index contributed by atoms with van der Waals surface area (Å²) in [4.78, 5) is 7.93. The first-order chi connectivity index (χ1) is 10.2. The Bertz CT molecular complexity index is 470. The molecule has 0 aliphatic heterocycles. The van der Waals surface area contributed by atoms with Gasteiger partial charge in [0, 0.05) is 24.8 Å². The highest BCUT2D eigenvalue weighted by Gasteiger charge is 2.15. The number of rotatable bonds is 8. The predicted molar refractivity (Wildman–Crippen MR) is 81.3 cm³/mol. The fourth-order valence-electron chi connectivity index (χ4n) is 1.80. The van der Waals surface area contributed by atoms with Gasteiger partial charge in [-0.3, -0.25) is 9.97 Å².